The van der Waals surface area contributed by atoms with E-state index in [1.54, 1.807) is 6.07 Å². The van der Waals surface area contributed by atoms with Crippen LogP contribution >= 0.6 is 0 Å². The molecule has 7 heteroatoms. The Labute approximate surface area is 120 Å². The number of carboxylic acids is 1. The van der Waals surface area contributed by atoms with E-state index in [1.165, 1.54) is 17.2 Å². The van der Waals surface area contributed by atoms with Gasteiger partial charge in [-0.05, 0) is 43.7 Å². The maximum absolute atomic E-state index is 13.7. The summed E-state index contributed by atoms with van der Waals surface area (Å²) in [5.74, 6) is -2.29. The first-order valence-electron chi connectivity index (χ1n) is 6.83. The minimum atomic E-state index is -1.07. The number of pyridine rings is 1. The van der Waals surface area contributed by atoms with Gasteiger partial charge in [0.15, 0.2) is 0 Å². The molecule has 2 fully saturated rings. The maximum Gasteiger partial charge on any atom is 0.415 e. The summed E-state index contributed by atoms with van der Waals surface area (Å²) < 4.78 is 19.1. The number of carbonyl (C=O) groups is 2. The van der Waals surface area contributed by atoms with Crippen LogP contribution in [0, 0.1) is 11.9 Å². The Morgan fingerprint density at radius 2 is 2.19 bits per heavy atom. The van der Waals surface area contributed by atoms with E-state index in [2.05, 4.69) is 4.98 Å². The zero-order chi connectivity index (χ0) is 15.0. The third kappa shape index (κ3) is 2.43. The first kappa shape index (κ1) is 13.8. The predicted octanol–water partition coefficient (Wildman–Crippen LogP) is 0.856. The molecule has 0 atom stereocenters. The van der Waals surface area contributed by atoms with Crippen molar-refractivity contribution in [2.75, 3.05) is 11.4 Å². The molecule has 21 heavy (non-hydrogen) atoms. The van der Waals surface area contributed by atoms with Gasteiger partial charge in [-0.3, -0.25) is 4.90 Å². The van der Waals surface area contributed by atoms with Crippen LogP contribution in [0.3, 0.4) is 0 Å². The molecule has 6 nitrogen and oxygen atoms in total. The number of nitrogens with zero attached hydrogens (tertiary/aromatic N) is 2. The minimum Gasteiger partial charge on any atom is -0.550 e. The Morgan fingerprint density at radius 1 is 1.48 bits per heavy atom. The number of aromatic nitrogens is 1. The number of rotatable bonds is 2. The summed E-state index contributed by atoms with van der Waals surface area (Å²) in [6.45, 7) is 0.216. The van der Waals surface area contributed by atoms with Crippen molar-refractivity contribution >= 4 is 17.7 Å². The number of aliphatic carboxylic acids is 1. The van der Waals surface area contributed by atoms with Gasteiger partial charge in [0, 0.05) is 12.2 Å². The molecular weight excluding hydrogens is 279 g/mol. The molecule has 3 rings (SSSR count). The van der Waals surface area contributed by atoms with Crippen LogP contribution in [-0.2, 0) is 9.53 Å². The fourth-order valence-corrected chi connectivity index (χ4v) is 3.03. The lowest BCUT2D eigenvalue weighted by Crippen LogP contribution is -2.42. The summed E-state index contributed by atoms with van der Waals surface area (Å²) in [5, 5.41) is 10.9. The highest BCUT2D eigenvalue weighted by molar-refractivity contribution is 5.90. The van der Waals surface area contributed by atoms with Crippen LogP contribution in [0.25, 0.3) is 0 Å². The normalized spacial score (nSPS) is 28.7. The topological polar surface area (TPSA) is 82.6 Å². The summed E-state index contributed by atoms with van der Waals surface area (Å²) in [4.78, 5) is 27.6. The highest BCUT2D eigenvalue weighted by Crippen LogP contribution is 2.40. The second-order valence-electron chi connectivity index (χ2n) is 5.54. The maximum atomic E-state index is 13.7. The summed E-state index contributed by atoms with van der Waals surface area (Å²) in [6.07, 6.45) is 2.37. The number of amides is 1. The minimum absolute atomic E-state index is 0.0846. The Balaban J connectivity index is 1.77. The van der Waals surface area contributed by atoms with Crippen LogP contribution in [-0.4, -0.2) is 29.2 Å². The van der Waals surface area contributed by atoms with E-state index < -0.39 is 29.5 Å². The summed E-state index contributed by atoms with van der Waals surface area (Å²) >= 11 is 0. The van der Waals surface area contributed by atoms with Crippen molar-refractivity contribution in [2.45, 2.75) is 31.3 Å². The van der Waals surface area contributed by atoms with E-state index in [4.69, 9.17) is 4.74 Å². The number of ether oxygens (including phenoxy) is 1. The SMILES string of the molecule is O=C([O-])C1CCC2(CC1)CN(c1cccnc1F)C(=O)O2. The molecule has 2 heterocycles. The number of anilines is 1. The van der Waals surface area contributed by atoms with Gasteiger partial charge in [-0.25, -0.2) is 9.78 Å². The molecule has 1 aromatic heterocycles. The Bertz CT molecular complexity index is 584. The number of halogens is 1. The third-order valence-corrected chi connectivity index (χ3v) is 4.23. The van der Waals surface area contributed by atoms with E-state index in [-0.39, 0.29) is 12.2 Å². The van der Waals surface area contributed by atoms with Crippen molar-refractivity contribution in [1.29, 1.82) is 0 Å². The van der Waals surface area contributed by atoms with Gasteiger partial charge >= 0.3 is 6.09 Å². The standard InChI is InChI=1S/C14H15FN2O4/c15-11-10(2-1-7-16-11)17-8-14(21-13(17)20)5-3-9(4-6-14)12(18)19/h1-2,7,9H,3-6,8H2,(H,18,19)/p-1. The molecule has 1 aromatic rings. The molecule has 0 aromatic carbocycles. The van der Waals surface area contributed by atoms with Gasteiger partial charge in [-0.1, -0.05) is 0 Å². The smallest absolute Gasteiger partial charge is 0.415 e. The van der Waals surface area contributed by atoms with Crippen LogP contribution in [0.4, 0.5) is 14.9 Å². The second kappa shape index (κ2) is 4.98. The predicted molar refractivity (Wildman–Crippen MR) is 67.7 cm³/mol. The zero-order valence-corrected chi connectivity index (χ0v) is 11.3. The van der Waals surface area contributed by atoms with Gasteiger partial charge in [0.1, 0.15) is 11.3 Å². The van der Waals surface area contributed by atoms with Gasteiger partial charge in [-0.2, -0.15) is 4.39 Å². The molecule has 2 aliphatic rings. The number of carbonyl (C=O) groups excluding carboxylic acids is 2. The molecule has 0 N–H and O–H groups in total. The van der Waals surface area contributed by atoms with E-state index in [9.17, 15) is 19.1 Å². The molecule has 1 spiro atoms. The Kier molecular flexibility index (Phi) is 3.27. The van der Waals surface area contributed by atoms with Crippen molar-refractivity contribution in [3.05, 3.63) is 24.3 Å². The van der Waals surface area contributed by atoms with Gasteiger partial charge in [-0.15, -0.1) is 0 Å². The van der Waals surface area contributed by atoms with Crippen LogP contribution < -0.4 is 10.0 Å². The highest BCUT2D eigenvalue weighted by atomic mass is 19.1. The van der Waals surface area contributed by atoms with Crippen molar-refractivity contribution < 1.29 is 23.8 Å². The summed E-state index contributed by atoms with van der Waals surface area (Å²) in [7, 11) is 0. The second-order valence-corrected chi connectivity index (χ2v) is 5.54. The van der Waals surface area contributed by atoms with Crippen molar-refractivity contribution in [3.63, 3.8) is 0 Å². The molecule has 1 amide bonds. The molecule has 1 aliphatic carbocycles. The molecule has 0 bridgehead atoms. The lowest BCUT2D eigenvalue weighted by molar-refractivity contribution is -0.313. The van der Waals surface area contributed by atoms with Crippen molar-refractivity contribution in [2.24, 2.45) is 5.92 Å². The van der Waals surface area contributed by atoms with Crippen LogP contribution in [0.15, 0.2) is 18.3 Å². The monoisotopic (exact) mass is 293 g/mol. The van der Waals surface area contributed by atoms with Crippen LogP contribution in [0.1, 0.15) is 25.7 Å². The van der Waals surface area contributed by atoms with Crippen LogP contribution in [0.2, 0.25) is 0 Å². The fourth-order valence-electron chi connectivity index (χ4n) is 3.03. The van der Waals surface area contributed by atoms with E-state index in [0.29, 0.717) is 25.7 Å². The van der Waals surface area contributed by atoms with E-state index in [0.717, 1.165) is 0 Å². The quantitative estimate of drug-likeness (QED) is 0.755. The van der Waals surface area contributed by atoms with Gasteiger partial charge < -0.3 is 14.6 Å². The molecule has 0 radical (unpaired) electrons. The summed E-state index contributed by atoms with van der Waals surface area (Å²) in [5.41, 5.74) is -0.646. The number of hydrogen-bond donors (Lipinski definition) is 0. The van der Waals surface area contributed by atoms with Gasteiger partial charge in [0.05, 0.1) is 6.54 Å². The lowest BCUT2D eigenvalue weighted by atomic mass is 9.79. The van der Waals surface area contributed by atoms with Crippen LogP contribution in [0.5, 0.6) is 0 Å². The third-order valence-electron chi connectivity index (χ3n) is 4.23. The van der Waals surface area contributed by atoms with Crippen molar-refractivity contribution in [1.82, 2.24) is 4.98 Å². The Hall–Kier alpha value is -2.18. The average Bonchev–Trinajstić information content (AvgIpc) is 2.76. The molecule has 0 unspecified atom stereocenters. The number of carboxylic acid groups (broad SMARTS) is 1. The lowest BCUT2D eigenvalue weighted by Gasteiger charge is -2.35. The number of hydrogen-bond acceptors (Lipinski definition) is 5. The average molecular weight is 293 g/mol. The first-order chi connectivity index (χ1) is 10.0. The fraction of sp³-hybridized carbons (Fsp3) is 0.500. The molecule has 1 saturated carbocycles. The summed E-state index contributed by atoms with van der Waals surface area (Å²) in [6, 6.07) is 3.01. The largest absolute Gasteiger partial charge is 0.550 e. The highest BCUT2D eigenvalue weighted by Gasteiger charge is 2.48. The Morgan fingerprint density at radius 3 is 2.81 bits per heavy atom. The molecule has 112 valence electrons. The van der Waals surface area contributed by atoms with E-state index >= 15 is 0 Å². The van der Waals surface area contributed by atoms with Gasteiger partial charge in [0.25, 0.3) is 0 Å². The first-order valence-corrected chi connectivity index (χ1v) is 6.83. The molecular formula is C14H14FN2O4-. The van der Waals surface area contributed by atoms with Gasteiger partial charge in [0.2, 0.25) is 5.95 Å². The van der Waals surface area contributed by atoms with E-state index in [1.807, 2.05) is 0 Å². The molecule has 1 saturated heterocycles. The zero-order valence-electron chi connectivity index (χ0n) is 11.3. The molecule has 1 aliphatic heterocycles. The van der Waals surface area contributed by atoms with Crippen molar-refractivity contribution in [3.8, 4) is 0 Å².